The number of carbonyl (C=O) groups excluding carboxylic acids is 1. The number of nitrogens with zero attached hydrogens (tertiary/aromatic N) is 3. The Kier molecular flexibility index (Phi) is 5.83. The van der Waals surface area contributed by atoms with Crippen molar-refractivity contribution in [3.63, 3.8) is 0 Å². The van der Waals surface area contributed by atoms with Gasteiger partial charge in [-0.05, 0) is 35.9 Å². The number of rotatable bonds is 5. The number of carbonyl (C=O) groups is 1. The van der Waals surface area contributed by atoms with Crippen molar-refractivity contribution in [1.29, 1.82) is 5.26 Å². The number of benzene rings is 3. The van der Waals surface area contributed by atoms with Gasteiger partial charge in [-0.25, -0.2) is 5.43 Å². The third-order valence-electron chi connectivity index (χ3n) is 4.87. The Hall–Kier alpha value is -3.89. The predicted molar refractivity (Wildman–Crippen MR) is 123 cm³/mol. The van der Waals surface area contributed by atoms with Crippen molar-refractivity contribution in [1.82, 2.24) is 9.99 Å². The number of hydrazone groups is 1. The zero-order valence-electron chi connectivity index (χ0n) is 16.3. The van der Waals surface area contributed by atoms with E-state index >= 15 is 0 Å². The van der Waals surface area contributed by atoms with Crippen LogP contribution in [0.4, 0.5) is 0 Å². The number of para-hydroxylation sites is 1. The smallest absolute Gasteiger partial charge is 0.275 e. The minimum absolute atomic E-state index is 0.122. The van der Waals surface area contributed by atoms with Crippen LogP contribution >= 0.6 is 15.9 Å². The number of nitriles is 1. The molecule has 0 bridgehead atoms. The predicted octanol–water partition coefficient (Wildman–Crippen LogP) is 4.79. The molecule has 1 aromatic heterocycles. The molecule has 4 aromatic rings. The molecule has 0 spiro atoms. The quantitative estimate of drug-likeness (QED) is 0.323. The highest BCUT2D eigenvalue weighted by Crippen LogP contribution is 2.23. The highest BCUT2D eigenvalue weighted by Gasteiger charge is 2.12. The Morgan fingerprint density at radius 1 is 1.16 bits per heavy atom. The monoisotopic (exact) mass is 472 g/mol. The van der Waals surface area contributed by atoms with Crippen LogP contribution in [0, 0.1) is 11.3 Å². The molecule has 0 radical (unpaired) electrons. The first-order chi connectivity index (χ1) is 15.1. The molecule has 0 saturated heterocycles. The molecular formula is C24H17BrN4O2. The molecule has 0 atom stereocenters. The Morgan fingerprint density at radius 2 is 1.94 bits per heavy atom. The molecule has 3 aromatic carbocycles. The summed E-state index contributed by atoms with van der Waals surface area (Å²) in [4.78, 5) is 12.3. The summed E-state index contributed by atoms with van der Waals surface area (Å²) in [5.41, 5.74) is 5.96. The Bertz CT molecular complexity index is 1350. The maximum absolute atomic E-state index is 12.3. The molecule has 0 unspecified atom stereocenters. The topological polar surface area (TPSA) is 90.4 Å². The number of nitrogens with one attached hydrogen (secondary N) is 1. The standard InChI is InChI=1S/C24H17BrN4O2/c25-19-9-10-23(30)21(11-19)24(31)28-27-13-18-15-29(22-8-4-3-7-20(18)22)14-17-6-2-1-5-16(17)12-26/h1-11,13,15,30H,14H2,(H,28,31)/b27-13-. The minimum atomic E-state index is -0.512. The van der Waals surface area contributed by atoms with Gasteiger partial charge in [0.2, 0.25) is 0 Å². The summed E-state index contributed by atoms with van der Waals surface area (Å²) in [5.74, 6) is -0.634. The fourth-order valence-corrected chi connectivity index (χ4v) is 3.73. The minimum Gasteiger partial charge on any atom is -0.507 e. The number of phenolic OH excluding ortho intramolecular Hbond substituents is 1. The molecular weight excluding hydrogens is 456 g/mol. The summed E-state index contributed by atoms with van der Waals surface area (Å²) in [6.07, 6.45) is 3.51. The summed E-state index contributed by atoms with van der Waals surface area (Å²) in [5, 5.41) is 24.3. The van der Waals surface area contributed by atoms with Gasteiger partial charge in [0.05, 0.1) is 23.4 Å². The molecule has 2 N–H and O–H groups in total. The number of phenols is 1. The summed E-state index contributed by atoms with van der Waals surface area (Å²) in [6.45, 7) is 0.538. The van der Waals surface area contributed by atoms with E-state index in [-0.39, 0.29) is 11.3 Å². The van der Waals surface area contributed by atoms with Gasteiger partial charge in [0, 0.05) is 33.7 Å². The van der Waals surface area contributed by atoms with Crippen LogP contribution in [0.15, 0.2) is 82.5 Å². The van der Waals surface area contributed by atoms with E-state index in [2.05, 4.69) is 37.1 Å². The highest BCUT2D eigenvalue weighted by atomic mass is 79.9. The van der Waals surface area contributed by atoms with Crippen molar-refractivity contribution in [2.24, 2.45) is 5.10 Å². The van der Waals surface area contributed by atoms with Crippen molar-refractivity contribution in [2.45, 2.75) is 6.54 Å². The van der Waals surface area contributed by atoms with E-state index in [0.29, 0.717) is 16.6 Å². The fourth-order valence-electron chi connectivity index (χ4n) is 3.37. The number of halogens is 1. The maximum atomic E-state index is 12.3. The molecule has 0 aliphatic rings. The van der Waals surface area contributed by atoms with E-state index in [0.717, 1.165) is 22.0 Å². The molecule has 152 valence electrons. The normalized spacial score (nSPS) is 11.0. The van der Waals surface area contributed by atoms with Gasteiger partial charge in [0.25, 0.3) is 5.91 Å². The van der Waals surface area contributed by atoms with Crippen molar-refractivity contribution in [2.75, 3.05) is 0 Å². The van der Waals surface area contributed by atoms with Crippen LogP contribution in [0.25, 0.3) is 10.9 Å². The zero-order chi connectivity index (χ0) is 21.8. The molecule has 7 heteroatoms. The lowest BCUT2D eigenvalue weighted by atomic mass is 10.1. The molecule has 0 saturated carbocycles. The lowest BCUT2D eigenvalue weighted by Crippen LogP contribution is -2.17. The van der Waals surface area contributed by atoms with Gasteiger partial charge < -0.3 is 9.67 Å². The van der Waals surface area contributed by atoms with Crippen molar-refractivity contribution >= 4 is 39.0 Å². The number of hydrogen-bond acceptors (Lipinski definition) is 4. The summed E-state index contributed by atoms with van der Waals surface area (Å²) in [7, 11) is 0. The van der Waals surface area contributed by atoms with E-state index in [4.69, 9.17) is 0 Å². The molecule has 0 aliphatic heterocycles. The third kappa shape index (κ3) is 4.34. The number of fused-ring (bicyclic) bond motifs is 1. The molecule has 4 rings (SSSR count). The van der Waals surface area contributed by atoms with Crippen molar-refractivity contribution < 1.29 is 9.90 Å². The van der Waals surface area contributed by atoms with Crippen LogP contribution in [0.2, 0.25) is 0 Å². The van der Waals surface area contributed by atoms with Gasteiger partial charge in [-0.2, -0.15) is 10.4 Å². The third-order valence-corrected chi connectivity index (χ3v) is 5.36. The molecule has 6 nitrogen and oxygen atoms in total. The lowest BCUT2D eigenvalue weighted by molar-refractivity contribution is 0.0952. The van der Waals surface area contributed by atoms with Crippen LogP contribution < -0.4 is 5.43 Å². The number of aromatic hydroxyl groups is 1. The second-order valence-corrected chi connectivity index (χ2v) is 7.77. The summed E-state index contributed by atoms with van der Waals surface area (Å²) in [6, 6.07) is 22.2. The van der Waals surface area contributed by atoms with E-state index in [1.165, 1.54) is 12.1 Å². The Labute approximate surface area is 187 Å². The molecule has 0 aliphatic carbocycles. The highest BCUT2D eigenvalue weighted by molar-refractivity contribution is 9.10. The number of amides is 1. The Morgan fingerprint density at radius 3 is 2.77 bits per heavy atom. The van der Waals surface area contributed by atoms with Crippen LogP contribution in [0.5, 0.6) is 5.75 Å². The molecule has 31 heavy (non-hydrogen) atoms. The van der Waals surface area contributed by atoms with E-state index in [1.54, 1.807) is 18.3 Å². The van der Waals surface area contributed by atoms with Gasteiger partial charge in [-0.3, -0.25) is 4.79 Å². The van der Waals surface area contributed by atoms with Crippen LogP contribution in [0.3, 0.4) is 0 Å². The van der Waals surface area contributed by atoms with Crippen molar-refractivity contribution in [3.05, 3.63) is 99.7 Å². The van der Waals surface area contributed by atoms with E-state index in [1.807, 2.05) is 48.7 Å². The largest absolute Gasteiger partial charge is 0.507 e. The van der Waals surface area contributed by atoms with Crippen LogP contribution in [-0.2, 0) is 6.54 Å². The van der Waals surface area contributed by atoms with Gasteiger partial charge >= 0.3 is 0 Å². The number of aromatic nitrogens is 1. The maximum Gasteiger partial charge on any atom is 0.275 e. The van der Waals surface area contributed by atoms with Crippen LogP contribution in [-0.4, -0.2) is 21.8 Å². The van der Waals surface area contributed by atoms with Gasteiger partial charge in [-0.1, -0.05) is 52.3 Å². The summed E-state index contributed by atoms with van der Waals surface area (Å²) < 4.78 is 2.73. The SMILES string of the molecule is N#Cc1ccccc1Cn1cc(/C=N\NC(=O)c2cc(Br)ccc2O)c2ccccc21. The first kappa shape index (κ1) is 20.4. The lowest BCUT2D eigenvalue weighted by Gasteiger charge is -2.07. The van der Waals surface area contributed by atoms with Gasteiger partial charge in [0.15, 0.2) is 0 Å². The van der Waals surface area contributed by atoms with Crippen LogP contribution in [0.1, 0.15) is 27.0 Å². The summed E-state index contributed by atoms with van der Waals surface area (Å²) >= 11 is 3.28. The molecule has 1 heterocycles. The fraction of sp³-hybridized carbons (Fsp3) is 0.0417. The number of hydrogen-bond donors (Lipinski definition) is 2. The first-order valence-electron chi connectivity index (χ1n) is 9.44. The van der Waals surface area contributed by atoms with Gasteiger partial charge in [0.1, 0.15) is 5.75 Å². The van der Waals surface area contributed by atoms with E-state index < -0.39 is 5.91 Å². The zero-order valence-corrected chi connectivity index (χ0v) is 17.9. The van der Waals surface area contributed by atoms with Gasteiger partial charge in [-0.15, -0.1) is 0 Å². The molecule has 1 amide bonds. The van der Waals surface area contributed by atoms with E-state index in [9.17, 15) is 15.2 Å². The average Bonchev–Trinajstić information content (AvgIpc) is 3.13. The second kappa shape index (κ2) is 8.86. The second-order valence-electron chi connectivity index (χ2n) is 6.86. The molecule has 0 fully saturated rings. The first-order valence-corrected chi connectivity index (χ1v) is 10.2. The average molecular weight is 473 g/mol. The Balaban J connectivity index is 1.61. The van der Waals surface area contributed by atoms with Crippen molar-refractivity contribution in [3.8, 4) is 11.8 Å².